The van der Waals surface area contributed by atoms with Gasteiger partial charge in [0.25, 0.3) is 5.91 Å². The van der Waals surface area contributed by atoms with Crippen molar-refractivity contribution in [1.82, 2.24) is 20.4 Å². The van der Waals surface area contributed by atoms with Gasteiger partial charge in [-0.2, -0.15) is 5.10 Å². The summed E-state index contributed by atoms with van der Waals surface area (Å²) in [6.45, 7) is 6.08. The van der Waals surface area contributed by atoms with Crippen LogP contribution in [0.25, 0.3) is 22.0 Å². The fourth-order valence-electron chi connectivity index (χ4n) is 5.46. The van der Waals surface area contributed by atoms with Crippen LogP contribution in [0.4, 0.5) is 0 Å². The summed E-state index contributed by atoms with van der Waals surface area (Å²) in [5.41, 5.74) is 5.70. The molecule has 0 radical (unpaired) electrons. The Balaban J connectivity index is 1.27. The number of likely N-dealkylation sites (tertiary alicyclic amines) is 1. The number of nitrogens with zero attached hydrogens (tertiary/aromatic N) is 2. The minimum atomic E-state index is 0.0952. The second-order valence-electron chi connectivity index (χ2n) is 9.87. The lowest BCUT2D eigenvalue weighted by Gasteiger charge is -2.55. The van der Waals surface area contributed by atoms with Crippen molar-refractivity contribution in [3.8, 4) is 23.0 Å². The fraction of sp³-hybridized carbons (Fsp3) is 0.267. The summed E-state index contributed by atoms with van der Waals surface area (Å²) in [5.74, 6) is 7.28. The average molecular weight is 461 g/mol. The summed E-state index contributed by atoms with van der Waals surface area (Å²) in [5, 5.41) is 11.8. The van der Waals surface area contributed by atoms with E-state index in [9.17, 15) is 4.79 Å². The lowest BCUT2D eigenvalue weighted by atomic mass is 9.66. The molecular formula is C30H28N4O. The number of amides is 1. The summed E-state index contributed by atoms with van der Waals surface area (Å²) in [7, 11) is 0. The van der Waals surface area contributed by atoms with Crippen molar-refractivity contribution in [2.24, 2.45) is 11.3 Å². The van der Waals surface area contributed by atoms with E-state index >= 15 is 0 Å². The van der Waals surface area contributed by atoms with Gasteiger partial charge >= 0.3 is 0 Å². The summed E-state index contributed by atoms with van der Waals surface area (Å²) in [4.78, 5) is 15.3. The van der Waals surface area contributed by atoms with Crippen molar-refractivity contribution in [3.63, 3.8) is 0 Å². The molecule has 2 aliphatic heterocycles. The Morgan fingerprint density at radius 2 is 1.83 bits per heavy atom. The number of aromatic nitrogens is 2. The molecule has 2 N–H and O–H groups in total. The third-order valence-electron chi connectivity index (χ3n) is 7.73. The van der Waals surface area contributed by atoms with Crippen LogP contribution in [0.1, 0.15) is 35.0 Å². The molecule has 0 bridgehead atoms. The number of piperidine rings is 1. The fourth-order valence-corrected chi connectivity index (χ4v) is 5.46. The van der Waals surface area contributed by atoms with Crippen LogP contribution in [-0.2, 0) is 0 Å². The molecule has 3 heterocycles. The number of hydrogen-bond donors (Lipinski definition) is 2. The van der Waals surface area contributed by atoms with Crippen molar-refractivity contribution in [2.45, 2.75) is 13.3 Å². The Morgan fingerprint density at radius 1 is 1.03 bits per heavy atom. The number of H-pyrrole nitrogens is 1. The second kappa shape index (κ2) is 8.72. The third-order valence-corrected chi connectivity index (χ3v) is 7.73. The zero-order chi connectivity index (χ0) is 23.8. The van der Waals surface area contributed by atoms with Crippen LogP contribution in [0.2, 0.25) is 0 Å². The van der Waals surface area contributed by atoms with Gasteiger partial charge in [0.15, 0.2) is 0 Å². The molecular weight excluding hydrogens is 432 g/mol. The van der Waals surface area contributed by atoms with Gasteiger partial charge in [0.1, 0.15) is 5.69 Å². The first-order valence-corrected chi connectivity index (χ1v) is 12.3. The van der Waals surface area contributed by atoms with Crippen LogP contribution in [0.15, 0.2) is 72.8 Å². The van der Waals surface area contributed by atoms with Gasteiger partial charge in [-0.25, -0.2) is 0 Å². The molecule has 1 amide bonds. The topological polar surface area (TPSA) is 61.0 Å². The van der Waals surface area contributed by atoms with E-state index in [1.165, 1.54) is 0 Å². The van der Waals surface area contributed by atoms with E-state index in [4.69, 9.17) is 0 Å². The third kappa shape index (κ3) is 3.90. The molecule has 0 saturated carbocycles. The molecule has 2 saturated heterocycles. The Bertz CT molecular complexity index is 1450. The predicted molar refractivity (Wildman–Crippen MR) is 139 cm³/mol. The van der Waals surface area contributed by atoms with Crippen LogP contribution in [-0.4, -0.2) is 47.2 Å². The molecule has 0 unspecified atom stereocenters. The number of benzene rings is 3. The minimum Gasteiger partial charge on any atom is -0.337 e. The zero-order valence-corrected chi connectivity index (χ0v) is 19.8. The molecule has 0 aliphatic carbocycles. The highest BCUT2D eigenvalue weighted by Gasteiger charge is 2.49. The van der Waals surface area contributed by atoms with Gasteiger partial charge < -0.3 is 10.2 Å². The Labute approximate surface area is 205 Å². The van der Waals surface area contributed by atoms with Crippen molar-refractivity contribution in [1.29, 1.82) is 0 Å². The summed E-state index contributed by atoms with van der Waals surface area (Å²) in [6.07, 6.45) is 1.14. The quantitative estimate of drug-likeness (QED) is 0.426. The average Bonchev–Trinajstić information content (AvgIpc) is 3.29. The molecule has 1 aromatic heterocycles. The largest absolute Gasteiger partial charge is 0.337 e. The molecule has 1 atom stereocenters. The van der Waals surface area contributed by atoms with Gasteiger partial charge in [-0.1, -0.05) is 61.4 Å². The highest BCUT2D eigenvalue weighted by molar-refractivity contribution is 5.99. The maximum Gasteiger partial charge on any atom is 0.253 e. The van der Waals surface area contributed by atoms with Gasteiger partial charge in [-0.05, 0) is 66.7 Å². The lowest BCUT2D eigenvalue weighted by molar-refractivity contribution is -0.0427. The van der Waals surface area contributed by atoms with E-state index in [0.717, 1.165) is 65.9 Å². The van der Waals surface area contributed by atoms with Crippen LogP contribution in [0, 0.1) is 23.2 Å². The summed E-state index contributed by atoms with van der Waals surface area (Å²) in [6, 6.07) is 24.1. The van der Waals surface area contributed by atoms with E-state index in [0.29, 0.717) is 11.5 Å². The van der Waals surface area contributed by atoms with Crippen molar-refractivity contribution < 1.29 is 4.79 Å². The van der Waals surface area contributed by atoms with Gasteiger partial charge in [0.2, 0.25) is 0 Å². The van der Waals surface area contributed by atoms with Gasteiger partial charge in [-0.3, -0.25) is 9.89 Å². The first-order chi connectivity index (χ1) is 17.1. The molecule has 4 aromatic rings. The van der Waals surface area contributed by atoms with E-state index < -0.39 is 0 Å². The molecule has 1 spiro atoms. The summed E-state index contributed by atoms with van der Waals surface area (Å²) >= 11 is 0. The monoisotopic (exact) mass is 460 g/mol. The first kappa shape index (κ1) is 21.6. The SMILES string of the molecule is C[C@@H]1CNCCC12CN(C(=O)c1ccc3n[nH]c(C#Cc4ccccc4-c4ccccc4)c3c1)C2. The normalized spacial score (nSPS) is 18.7. The number of fused-ring (bicyclic) bond motifs is 1. The van der Waals surface area contributed by atoms with E-state index in [1.807, 2.05) is 59.5 Å². The maximum absolute atomic E-state index is 13.3. The van der Waals surface area contributed by atoms with Crippen LogP contribution < -0.4 is 5.32 Å². The number of carbonyl (C=O) groups excluding carboxylic acids is 1. The molecule has 2 aliphatic rings. The zero-order valence-electron chi connectivity index (χ0n) is 19.8. The van der Waals surface area contributed by atoms with E-state index in [1.54, 1.807) is 0 Å². The van der Waals surface area contributed by atoms with Crippen LogP contribution >= 0.6 is 0 Å². The minimum absolute atomic E-state index is 0.0952. The van der Waals surface area contributed by atoms with E-state index in [2.05, 4.69) is 52.5 Å². The molecule has 3 aromatic carbocycles. The van der Waals surface area contributed by atoms with Gasteiger partial charge in [0, 0.05) is 35.0 Å². The molecule has 5 nitrogen and oxygen atoms in total. The highest BCUT2D eigenvalue weighted by atomic mass is 16.2. The molecule has 2 fully saturated rings. The number of nitrogens with one attached hydrogen (secondary N) is 2. The highest BCUT2D eigenvalue weighted by Crippen LogP contribution is 2.43. The standard InChI is InChI=1S/C30H28N4O/c1-21-18-31-16-15-30(21)19-34(20-30)29(35)24-12-14-28-26(17-24)27(32-33-28)13-11-23-9-5-6-10-25(23)22-7-3-2-4-8-22/h2-10,12,14,17,21,31H,15-16,18-20H2,1H3,(H,32,33)/t21-/m1/s1. The van der Waals surface area contributed by atoms with Crippen molar-refractivity contribution in [2.75, 3.05) is 26.2 Å². The Morgan fingerprint density at radius 3 is 2.66 bits per heavy atom. The first-order valence-electron chi connectivity index (χ1n) is 12.3. The van der Waals surface area contributed by atoms with Crippen molar-refractivity contribution in [3.05, 3.63) is 89.6 Å². The predicted octanol–water partition coefficient (Wildman–Crippen LogP) is 4.70. The van der Waals surface area contributed by atoms with Crippen molar-refractivity contribution >= 4 is 16.8 Å². The Hall–Kier alpha value is -3.88. The number of carbonyl (C=O) groups is 1. The smallest absolute Gasteiger partial charge is 0.253 e. The molecule has 174 valence electrons. The summed E-state index contributed by atoms with van der Waals surface area (Å²) < 4.78 is 0. The Kier molecular flexibility index (Phi) is 5.39. The van der Waals surface area contributed by atoms with Crippen LogP contribution in [0.5, 0.6) is 0 Å². The number of hydrogen-bond acceptors (Lipinski definition) is 3. The molecule has 35 heavy (non-hydrogen) atoms. The van der Waals surface area contributed by atoms with Gasteiger partial charge in [-0.15, -0.1) is 0 Å². The van der Waals surface area contributed by atoms with Crippen LogP contribution in [0.3, 0.4) is 0 Å². The number of rotatable bonds is 2. The number of aromatic amines is 1. The lowest BCUT2D eigenvalue weighted by Crippen LogP contribution is -2.64. The second-order valence-corrected chi connectivity index (χ2v) is 9.87. The van der Waals surface area contributed by atoms with Gasteiger partial charge in [0.05, 0.1) is 5.52 Å². The molecule has 5 heteroatoms. The molecule has 6 rings (SSSR count). The van der Waals surface area contributed by atoms with E-state index in [-0.39, 0.29) is 11.3 Å². The maximum atomic E-state index is 13.3.